The average molecular weight is 246 g/mol. The van der Waals surface area contributed by atoms with Gasteiger partial charge in [0.05, 0.1) is 12.3 Å². The minimum Gasteiger partial charge on any atom is -0.390 e. The predicted octanol–water partition coefficient (Wildman–Crippen LogP) is 2.02. The maximum atomic E-state index is 9.33. The van der Waals surface area contributed by atoms with E-state index in [0.717, 1.165) is 24.2 Å². The van der Waals surface area contributed by atoms with Crippen LogP contribution in [0.1, 0.15) is 31.9 Å². The molecule has 0 aliphatic carbocycles. The average Bonchev–Trinajstić information content (AvgIpc) is 2.83. The molecule has 0 amide bonds. The van der Waals surface area contributed by atoms with Crippen molar-refractivity contribution in [2.24, 2.45) is 0 Å². The number of hydrogen-bond acceptors (Lipinski definition) is 4. The van der Waals surface area contributed by atoms with Gasteiger partial charge in [-0.15, -0.1) is 5.10 Å². The van der Waals surface area contributed by atoms with Gasteiger partial charge in [-0.25, -0.2) is 4.68 Å². The second-order valence-electron chi connectivity index (χ2n) is 4.21. The van der Waals surface area contributed by atoms with Crippen molar-refractivity contribution >= 4 is 0 Å². The Labute approximate surface area is 106 Å². The lowest BCUT2D eigenvalue weighted by Crippen LogP contribution is -2.03. The Morgan fingerprint density at radius 1 is 1.33 bits per heavy atom. The van der Waals surface area contributed by atoms with Crippen molar-refractivity contribution in [1.82, 2.24) is 20.0 Å². The molecule has 2 heterocycles. The number of rotatable bonds is 6. The summed E-state index contributed by atoms with van der Waals surface area (Å²) in [6, 6.07) is 3.83. The third-order valence-corrected chi connectivity index (χ3v) is 2.86. The van der Waals surface area contributed by atoms with Gasteiger partial charge in [-0.2, -0.15) is 0 Å². The second kappa shape index (κ2) is 6.26. The number of nitrogens with zero attached hydrogens (tertiary/aromatic N) is 4. The normalized spacial score (nSPS) is 10.8. The maximum Gasteiger partial charge on any atom is 0.116 e. The van der Waals surface area contributed by atoms with Gasteiger partial charge >= 0.3 is 0 Å². The summed E-state index contributed by atoms with van der Waals surface area (Å²) >= 11 is 0. The van der Waals surface area contributed by atoms with Crippen molar-refractivity contribution in [3.8, 4) is 11.3 Å². The van der Waals surface area contributed by atoms with E-state index in [1.54, 1.807) is 12.4 Å². The summed E-state index contributed by atoms with van der Waals surface area (Å²) < 4.78 is 1.86. The zero-order valence-electron chi connectivity index (χ0n) is 10.6. The summed E-state index contributed by atoms with van der Waals surface area (Å²) in [6.07, 6.45) is 6.91. The maximum absolute atomic E-state index is 9.33. The van der Waals surface area contributed by atoms with E-state index in [9.17, 15) is 5.11 Å². The topological polar surface area (TPSA) is 63.8 Å². The summed E-state index contributed by atoms with van der Waals surface area (Å²) in [5.74, 6) is 0. The summed E-state index contributed by atoms with van der Waals surface area (Å²) in [7, 11) is 0. The molecule has 0 spiro atoms. The summed E-state index contributed by atoms with van der Waals surface area (Å²) in [4.78, 5) is 4.10. The fraction of sp³-hybridized carbons (Fsp3) is 0.462. The van der Waals surface area contributed by atoms with E-state index in [0.29, 0.717) is 5.69 Å². The van der Waals surface area contributed by atoms with Gasteiger partial charge in [-0.3, -0.25) is 4.98 Å². The lowest BCUT2D eigenvalue weighted by molar-refractivity contribution is 0.277. The van der Waals surface area contributed by atoms with Gasteiger partial charge in [0.2, 0.25) is 0 Å². The van der Waals surface area contributed by atoms with E-state index in [-0.39, 0.29) is 6.61 Å². The Hall–Kier alpha value is -1.75. The van der Waals surface area contributed by atoms with Crippen LogP contribution < -0.4 is 0 Å². The molecule has 2 aromatic heterocycles. The molecule has 0 aromatic carbocycles. The molecule has 0 aliphatic heterocycles. The van der Waals surface area contributed by atoms with Crippen LogP contribution in [0.25, 0.3) is 11.3 Å². The number of aliphatic hydroxyl groups excluding tert-OH is 1. The van der Waals surface area contributed by atoms with Crippen LogP contribution in [0.2, 0.25) is 0 Å². The first-order chi connectivity index (χ1) is 8.86. The summed E-state index contributed by atoms with van der Waals surface area (Å²) in [5.41, 5.74) is 2.43. The highest BCUT2D eigenvalue weighted by Crippen LogP contribution is 2.21. The van der Waals surface area contributed by atoms with Crippen LogP contribution in [-0.4, -0.2) is 25.1 Å². The second-order valence-corrected chi connectivity index (χ2v) is 4.21. The molecule has 5 nitrogen and oxygen atoms in total. The van der Waals surface area contributed by atoms with Crippen molar-refractivity contribution in [1.29, 1.82) is 0 Å². The summed E-state index contributed by atoms with van der Waals surface area (Å²) in [5, 5.41) is 17.5. The SMILES string of the molecule is CCCCCn1nnc(CO)c1-c1cccnc1. The smallest absolute Gasteiger partial charge is 0.116 e. The van der Waals surface area contributed by atoms with E-state index >= 15 is 0 Å². The van der Waals surface area contributed by atoms with E-state index in [1.807, 2.05) is 16.8 Å². The Kier molecular flexibility index (Phi) is 4.41. The molecule has 96 valence electrons. The molecule has 0 aliphatic rings. The highest BCUT2D eigenvalue weighted by atomic mass is 16.3. The Morgan fingerprint density at radius 2 is 2.22 bits per heavy atom. The molecule has 5 heteroatoms. The molecule has 2 rings (SSSR count). The molecular formula is C13H18N4O. The number of aryl methyl sites for hydroxylation is 1. The standard InChI is InChI=1S/C13H18N4O/c1-2-3-4-8-17-13(12(10-18)15-16-17)11-6-5-7-14-9-11/h5-7,9,18H,2-4,8,10H2,1H3. The third-order valence-electron chi connectivity index (χ3n) is 2.86. The predicted molar refractivity (Wildman–Crippen MR) is 68.7 cm³/mol. The van der Waals surface area contributed by atoms with Crippen LogP contribution in [0, 0.1) is 0 Å². The van der Waals surface area contributed by atoms with Gasteiger partial charge in [-0.1, -0.05) is 25.0 Å². The monoisotopic (exact) mass is 246 g/mol. The fourth-order valence-corrected chi connectivity index (χ4v) is 1.94. The highest BCUT2D eigenvalue weighted by molar-refractivity contribution is 5.60. The zero-order valence-corrected chi connectivity index (χ0v) is 10.6. The van der Waals surface area contributed by atoms with E-state index < -0.39 is 0 Å². The van der Waals surface area contributed by atoms with Gasteiger partial charge in [0.15, 0.2) is 0 Å². The first kappa shape index (κ1) is 12.7. The molecular weight excluding hydrogens is 228 g/mol. The van der Waals surface area contributed by atoms with Gasteiger partial charge in [-0.05, 0) is 18.6 Å². The van der Waals surface area contributed by atoms with Gasteiger partial charge < -0.3 is 5.11 Å². The number of unbranched alkanes of at least 4 members (excludes halogenated alkanes) is 2. The minimum atomic E-state index is -0.0992. The van der Waals surface area contributed by atoms with Crippen molar-refractivity contribution in [3.05, 3.63) is 30.2 Å². The Morgan fingerprint density at radius 3 is 2.89 bits per heavy atom. The third kappa shape index (κ3) is 2.73. The van der Waals surface area contributed by atoms with Crippen LogP contribution in [0.15, 0.2) is 24.5 Å². The lowest BCUT2D eigenvalue weighted by Gasteiger charge is -2.06. The molecule has 0 unspecified atom stereocenters. The van der Waals surface area contributed by atoms with Crippen LogP contribution in [-0.2, 0) is 13.2 Å². The zero-order chi connectivity index (χ0) is 12.8. The molecule has 0 saturated carbocycles. The van der Waals surface area contributed by atoms with E-state index in [1.165, 1.54) is 12.8 Å². The lowest BCUT2D eigenvalue weighted by atomic mass is 10.1. The molecule has 1 N–H and O–H groups in total. The minimum absolute atomic E-state index is 0.0992. The number of aliphatic hydroxyl groups is 1. The quantitative estimate of drug-likeness (QED) is 0.792. The molecule has 18 heavy (non-hydrogen) atoms. The molecule has 0 bridgehead atoms. The summed E-state index contributed by atoms with van der Waals surface area (Å²) in [6.45, 7) is 2.89. The van der Waals surface area contributed by atoms with Crippen LogP contribution in [0.4, 0.5) is 0 Å². The van der Waals surface area contributed by atoms with Crippen molar-refractivity contribution in [3.63, 3.8) is 0 Å². The molecule has 0 saturated heterocycles. The molecule has 0 fully saturated rings. The largest absolute Gasteiger partial charge is 0.390 e. The Bertz CT molecular complexity index is 481. The van der Waals surface area contributed by atoms with Gasteiger partial charge in [0.25, 0.3) is 0 Å². The Balaban J connectivity index is 2.28. The fourth-order valence-electron chi connectivity index (χ4n) is 1.94. The number of pyridine rings is 1. The first-order valence-corrected chi connectivity index (χ1v) is 6.30. The van der Waals surface area contributed by atoms with Crippen molar-refractivity contribution in [2.75, 3.05) is 0 Å². The van der Waals surface area contributed by atoms with Crippen molar-refractivity contribution in [2.45, 2.75) is 39.3 Å². The number of aromatic nitrogens is 4. The van der Waals surface area contributed by atoms with Crippen LogP contribution >= 0.6 is 0 Å². The van der Waals surface area contributed by atoms with E-state index in [4.69, 9.17) is 0 Å². The molecule has 0 atom stereocenters. The van der Waals surface area contributed by atoms with Crippen molar-refractivity contribution < 1.29 is 5.11 Å². The van der Waals surface area contributed by atoms with Gasteiger partial charge in [0, 0.05) is 24.5 Å². The highest BCUT2D eigenvalue weighted by Gasteiger charge is 2.13. The number of hydrogen-bond donors (Lipinski definition) is 1. The van der Waals surface area contributed by atoms with Gasteiger partial charge in [0.1, 0.15) is 5.69 Å². The molecule has 0 radical (unpaired) electrons. The molecule has 2 aromatic rings. The van der Waals surface area contributed by atoms with Crippen LogP contribution in [0.3, 0.4) is 0 Å². The van der Waals surface area contributed by atoms with Crippen LogP contribution in [0.5, 0.6) is 0 Å². The van der Waals surface area contributed by atoms with E-state index in [2.05, 4.69) is 22.2 Å². The first-order valence-electron chi connectivity index (χ1n) is 6.30.